The lowest BCUT2D eigenvalue weighted by molar-refractivity contribution is -0.138. The van der Waals surface area contributed by atoms with E-state index in [0.717, 1.165) is 5.56 Å². The number of benzene rings is 1. The van der Waals surface area contributed by atoms with Crippen LogP contribution >= 0.6 is 0 Å². The van der Waals surface area contributed by atoms with Crippen molar-refractivity contribution in [3.05, 3.63) is 41.8 Å². The number of carbonyl (C=O) groups is 1. The highest BCUT2D eigenvalue weighted by Gasteiger charge is 2.18. The van der Waals surface area contributed by atoms with Gasteiger partial charge in [-0.1, -0.05) is 18.2 Å². The Bertz CT molecular complexity index is 549. The first-order valence-electron chi connectivity index (χ1n) is 5.58. The molecule has 3 N–H and O–H groups in total. The summed E-state index contributed by atoms with van der Waals surface area (Å²) in [5, 5.41) is 8.77. The molecule has 0 aliphatic carbocycles. The fourth-order valence-electron chi connectivity index (χ4n) is 1.62. The minimum absolute atomic E-state index is 0.164. The Morgan fingerprint density at radius 2 is 2.11 bits per heavy atom. The van der Waals surface area contributed by atoms with Crippen molar-refractivity contribution in [1.82, 2.24) is 4.98 Å². The highest BCUT2D eigenvalue weighted by atomic mass is 16.4. The van der Waals surface area contributed by atoms with Gasteiger partial charge in [-0.25, -0.2) is 4.98 Å². The molecule has 1 unspecified atom stereocenters. The third kappa shape index (κ3) is 2.57. The average Bonchev–Trinajstić information content (AvgIpc) is 2.72. The summed E-state index contributed by atoms with van der Waals surface area (Å²) in [7, 11) is 0. The van der Waals surface area contributed by atoms with Crippen LogP contribution in [0.3, 0.4) is 0 Å². The van der Waals surface area contributed by atoms with E-state index in [2.05, 4.69) is 4.98 Å². The van der Waals surface area contributed by atoms with Gasteiger partial charge in [0, 0.05) is 12.0 Å². The molecular weight excluding hydrogens is 232 g/mol. The van der Waals surface area contributed by atoms with Crippen molar-refractivity contribution >= 4 is 5.97 Å². The van der Waals surface area contributed by atoms with Gasteiger partial charge in [0.05, 0.1) is 5.69 Å². The van der Waals surface area contributed by atoms with E-state index >= 15 is 0 Å². The second-order valence-electron chi connectivity index (χ2n) is 4.04. The maximum absolute atomic E-state index is 10.7. The minimum Gasteiger partial charge on any atom is -0.480 e. The number of nitrogens with two attached hydrogens (primary N) is 1. The number of aliphatic carboxylic acids is 1. The Hall–Kier alpha value is -2.14. The summed E-state index contributed by atoms with van der Waals surface area (Å²) < 4.78 is 5.52. The number of aromatic nitrogens is 1. The quantitative estimate of drug-likeness (QED) is 0.855. The number of aryl methyl sites for hydroxylation is 1. The van der Waals surface area contributed by atoms with Crippen LogP contribution in [-0.4, -0.2) is 22.1 Å². The van der Waals surface area contributed by atoms with Crippen LogP contribution in [0, 0.1) is 6.92 Å². The van der Waals surface area contributed by atoms with Crippen LogP contribution in [0.1, 0.15) is 11.5 Å². The monoisotopic (exact) mass is 246 g/mol. The van der Waals surface area contributed by atoms with Crippen molar-refractivity contribution in [3.8, 4) is 11.5 Å². The molecule has 5 nitrogen and oxygen atoms in total. The first kappa shape index (κ1) is 12.3. The summed E-state index contributed by atoms with van der Waals surface area (Å²) in [5.41, 5.74) is 6.93. The standard InChI is InChI=1S/C13H14N2O3/c1-8-11(7-10(14)13(16)17)15-12(18-8)9-5-3-2-4-6-9/h2-6,10H,7,14H2,1H3,(H,16,17). The van der Waals surface area contributed by atoms with Crippen LogP contribution in [0.15, 0.2) is 34.7 Å². The molecule has 0 radical (unpaired) electrons. The SMILES string of the molecule is Cc1oc(-c2ccccc2)nc1CC(N)C(=O)O. The van der Waals surface area contributed by atoms with Crippen LogP contribution < -0.4 is 5.73 Å². The molecule has 2 rings (SSSR count). The van der Waals surface area contributed by atoms with Crippen LogP contribution in [-0.2, 0) is 11.2 Å². The lowest BCUT2D eigenvalue weighted by Crippen LogP contribution is -2.32. The smallest absolute Gasteiger partial charge is 0.320 e. The molecule has 0 bridgehead atoms. The van der Waals surface area contributed by atoms with E-state index in [1.54, 1.807) is 6.92 Å². The molecule has 1 aromatic carbocycles. The van der Waals surface area contributed by atoms with Gasteiger partial charge in [-0.15, -0.1) is 0 Å². The van der Waals surface area contributed by atoms with Gasteiger partial charge >= 0.3 is 5.97 Å². The highest BCUT2D eigenvalue weighted by Crippen LogP contribution is 2.21. The number of hydrogen-bond donors (Lipinski definition) is 2. The van der Waals surface area contributed by atoms with Crippen LogP contribution in [0.4, 0.5) is 0 Å². The van der Waals surface area contributed by atoms with Gasteiger partial charge in [0.1, 0.15) is 11.8 Å². The third-order valence-corrected chi connectivity index (χ3v) is 2.64. The van der Waals surface area contributed by atoms with Gasteiger partial charge in [0.15, 0.2) is 0 Å². The molecule has 5 heteroatoms. The van der Waals surface area contributed by atoms with Gasteiger partial charge in [0.25, 0.3) is 0 Å². The largest absolute Gasteiger partial charge is 0.480 e. The molecule has 1 atom stereocenters. The Morgan fingerprint density at radius 1 is 1.44 bits per heavy atom. The van der Waals surface area contributed by atoms with Crippen molar-refractivity contribution < 1.29 is 14.3 Å². The van der Waals surface area contributed by atoms with Crippen molar-refractivity contribution in [3.63, 3.8) is 0 Å². The fourth-order valence-corrected chi connectivity index (χ4v) is 1.62. The Labute approximate surface area is 104 Å². The molecule has 94 valence electrons. The summed E-state index contributed by atoms with van der Waals surface area (Å²) in [6, 6.07) is 8.48. The minimum atomic E-state index is -1.04. The van der Waals surface area contributed by atoms with Crippen LogP contribution in [0.5, 0.6) is 0 Å². The van der Waals surface area contributed by atoms with E-state index in [-0.39, 0.29) is 6.42 Å². The Morgan fingerprint density at radius 3 is 2.72 bits per heavy atom. The first-order valence-corrected chi connectivity index (χ1v) is 5.58. The molecule has 0 spiro atoms. The van der Waals surface area contributed by atoms with Crippen LogP contribution in [0.25, 0.3) is 11.5 Å². The van der Waals surface area contributed by atoms with Gasteiger partial charge in [-0.2, -0.15) is 0 Å². The molecule has 0 aliphatic rings. The summed E-state index contributed by atoms with van der Waals surface area (Å²) in [6.07, 6.45) is 0.164. The van der Waals surface area contributed by atoms with E-state index in [4.69, 9.17) is 15.3 Å². The topological polar surface area (TPSA) is 89.4 Å². The predicted molar refractivity (Wildman–Crippen MR) is 66.0 cm³/mol. The summed E-state index contributed by atoms with van der Waals surface area (Å²) in [5.74, 6) is 0.0462. The Kier molecular flexibility index (Phi) is 3.43. The van der Waals surface area contributed by atoms with Gasteiger partial charge in [-0.05, 0) is 19.1 Å². The average molecular weight is 246 g/mol. The molecule has 0 fully saturated rings. The van der Waals surface area contributed by atoms with Crippen molar-refractivity contribution in [1.29, 1.82) is 0 Å². The van der Waals surface area contributed by atoms with Gasteiger partial charge in [0.2, 0.25) is 5.89 Å². The molecule has 1 aromatic heterocycles. The number of carboxylic acid groups (broad SMARTS) is 1. The Balaban J connectivity index is 2.25. The molecule has 0 saturated carbocycles. The molecule has 2 aromatic rings. The lowest BCUT2D eigenvalue weighted by atomic mass is 10.1. The molecule has 0 aliphatic heterocycles. The van der Waals surface area contributed by atoms with E-state index in [0.29, 0.717) is 17.3 Å². The normalized spacial score (nSPS) is 12.3. The number of carboxylic acids is 1. The van der Waals surface area contributed by atoms with Gasteiger partial charge < -0.3 is 15.3 Å². The predicted octanol–water partition coefficient (Wildman–Crippen LogP) is 1.60. The second kappa shape index (κ2) is 5.01. The first-order chi connectivity index (χ1) is 8.58. The van der Waals surface area contributed by atoms with Crippen molar-refractivity contribution in [2.75, 3.05) is 0 Å². The summed E-state index contributed by atoms with van der Waals surface area (Å²) in [6.45, 7) is 1.75. The molecule has 1 heterocycles. The maximum Gasteiger partial charge on any atom is 0.320 e. The highest BCUT2D eigenvalue weighted by molar-refractivity contribution is 5.73. The maximum atomic E-state index is 10.7. The lowest BCUT2D eigenvalue weighted by Gasteiger charge is -2.02. The fraction of sp³-hybridized carbons (Fsp3) is 0.231. The second-order valence-corrected chi connectivity index (χ2v) is 4.04. The zero-order valence-corrected chi connectivity index (χ0v) is 9.96. The van der Waals surface area contributed by atoms with Crippen molar-refractivity contribution in [2.45, 2.75) is 19.4 Å². The van der Waals surface area contributed by atoms with E-state index in [1.807, 2.05) is 30.3 Å². The van der Waals surface area contributed by atoms with E-state index in [1.165, 1.54) is 0 Å². The molecule has 0 amide bonds. The van der Waals surface area contributed by atoms with Crippen molar-refractivity contribution in [2.24, 2.45) is 5.73 Å². The van der Waals surface area contributed by atoms with E-state index in [9.17, 15) is 4.79 Å². The summed E-state index contributed by atoms with van der Waals surface area (Å²) >= 11 is 0. The number of oxazole rings is 1. The number of nitrogens with zero attached hydrogens (tertiary/aromatic N) is 1. The summed E-state index contributed by atoms with van der Waals surface area (Å²) in [4.78, 5) is 15.0. The molecular formula is C13H14N2O3. The number of hydrogen-bond acceptors (Lipinski definition) is 4. The van der Waals surface area contributed by atoms with E-state index < -0.39 is 12.0 Å². The van der Waals surface area contributed by atoms with Gasteiger partial charge in [-0.3, -0.25) is 4.79 Å². The van der Waals surface area contributed by atoms with Crippen LogP contribution in [0.2, 0.25) is 0 Å². The molecule has 0 saturated heterocycles. The number of rotatable bonds is 4. The third-order valence-electron chi connectivity index (χ3n) is 2.64. The zero-order valence-electron chi connectivity index (χ0n) is 9.96. The molecule has 18 heavy (non-hydrogen) atoms. The zero-order chi connectivity index (χ0) is 13.1.